The predicted octanol–water partition coefficient (Wildman–Crippen LogP) is 1.67. The Bertz CT molecular complexity index is 529. The van der Waals surface area contributed by atoms with E-state index in [4.69, 9.17) is 0 Å². The topological polar surface area (TPSA) is 44.1 Å². The molecule has 0 spiro atoms. The molecule has 2 rings (SSSR count). The molecule has 1 heterocycles. The molecule has 0 atom stereocenters. The molecule has 0 aliphatic rings. The largest absolute Gasteiger partial charge is 0.465 e. The normalized spacial score (nSPS) is 10.6. The molecular formula is C11H12N2O2. The first-order valence-electron chi connectivity index (χ1n) is 4.65. The van der Waals surface area contributed by atoms with Crippen LogP contribution in [-0.4, -0.2) is 22.9 Å². The summed E-state index contributed by atoms with van der Waals surface area (Å²) in [5.74, 6) is -0.333. The van der Waals surface area contributed by atoms with Crippen LogP contribution in [0.25, 0.3) is 10.9 Å². The van der Waals surface area contributed by atoms with Gasteiger partial charge in [-0.2, -0.15) is 5.10 Å². The molecule has 0 aliphatic heterocycles. The minimum atomic E-state index is -0.333. The number of ether oxygens (including phenoxy) is 1. The van der Waals surface area contributed by atoms with E-state index in [0.29, 0.717) is 5.56 Å². The van der Waals surface area contributed by atoms with Gasteiger partial charge in [0.2, 0.25) is 0 Å². The quantitative estimate of drug-likeness (QED) is 0.664. The van der Waals surface area contributed by atoms with Crippen LogP contribution in [0.3, 0.4) is 0 Å². The number of hydrogen-bond acceptors (Lipinski definition) is 3. The first-order chi connectivity index (χ1) is 7.13. The van der Waals surface area contributed by atoms with Gasteiger partial charge in [0.25, 0.3) is 0 Å². The molecule has 0 unspecified atom stereocenters. The average Bonchev–Trinajstić information content (AvgIpc) is 2.53. The van der Waals surface area contributed by atoms with Gasteiger partial charge in [-0.15, -0.1) is 0 Å². The molecule has 0 saturated carbocycles. The van der Waals surface area contributed by atoms with Gasteiger partial charge in [-0.25, -0.2) is 4.79 Å². The molecule has 0 bridgehead atoms. The zero-order valence-electron chi connectivity index (χ0n) is 8.94. The first kappa shape index (κ1) is 9.71. The summed E-state index contributed by atoms with van der Waals surface area (Å²) < 4.78 is 6.45. The number of rotatable bonds is 1. The van der Waals surface area contributed by atoms with E-state index in [-0.39, 0.29) is 5.97 Å². The summed E-state index contributed by atoms with van der Waals surface area (Å²) in [5, 5.41) is 5.36. The maximum Gasteiger partial charge on any atom is 0.337 e. The number of esters is 1. The second kappa shape index (κ2) is 3.38. The van der Waals surface area contributed by atoms with E-state index in [0.717, 1.165) is 16.6 Å². The molecule has 4 nitrogen and oxygen atoms in total. The van der Waals surface area contributed by atoms with E-state index in [1.165, 1.54) is 7.11 Å². The highest BCUT2D eigenvalue weighted by atomic mass is 16.5. The van der Waals surface area contributed by atoms with Crippen LogP contribution in [0.2, 0.25) is 0 Å². The highest BCUT2D eigenvalue weighted by molar-refractivity contribution is 5.94. The molecule has 1 aromatic heterocycles. The third-order valence-corrected chi connectivity index (χ3v) is 2.55. The van der Waals surface area contributed by atoms with Crippen molar-refractivity contribution in [2.24, 2.45) is 7.05 Å². The fraction of sp³-hybridized carbons (Fsp3) is 0.273. The van der Waals surface area contributed by atoms with Gasteiger partial charge in [-0.1, -0.05) is 6.07 Å². The Labute approximate surface area is 87.5 Å². The zero-order valence-corrected chi connectivity index (χ0v) is 8.94. The Morgan fingerprint density at radius 1 is 1.47 bits per heavy atom. The number of nitrogens with zero attached hydrogens (tertiary/aromatic N) is 2. The van der Waals surface area contributed by atoms with Gasteiger partial charge in [0.05, 0.1) is 18.2 Å². The van der Waals surface area contributed by atoms with E-state index in [1.54, 1.807) is 16.8 Å². The highest BCUT2D eigenvalue weighted by Crippen LogP contribution is 2.18. The maximum absolute atomic E-state index is 11.3. The number of methoxy groups -OCH3 is 1. The van der Waals surface area contributed by atoms with Crippen molar-refractivity contribution >= 4 is 16.9 Å². The lowest BCUT2D eigenvalue weighted by molar-refractivity contribution is 0.0601. The summed E-state index contributed by atoms with van der Waals surface area (Å²) in [6.45, 7) is 1.99. The van der Waals surface area contributed by atoms with Crippen LogP contribution in [0.1, 0.15) is 16.1 Å². The summed E-state index contributed by atoms with van der Waals surface area (Å²) in [6, 6.07) is 5.39. The summed E-state index contributed by atoms with van der Waals surface area (Å²) in [5.41, 5.74) is 2.43. The van der Waals surface area contributed by atoms with Crippen LogP contribution in [0.15, 0.2) is 18.2 Å². The lowest BCUT2D eigenvalue weighted by Crippen LogP contribution is -2.00. The van der Waals surface area contributed by atoms with Crippen LogP contribution in [0.5, 0.6) is 0 Å². The average molecular weight is 204 g/mol. The maximum atomic E-state index is 11.3. The molecular weight excluding hydrogens is 192 g/mol. The van der Waals surface area contributed by atoms with Gasteiger partial charge in [0, 0.05) is 18.1 Å². The number of carbonyl (C=O) groups excluding carboxylic acids is 1. The van der Waals surface area contributed by atoms with Gasteiger partial charge >= 0.3 is 5.97 Å². The van der Waals surface area contributed by atoms with Crippen molar-refractivity contribution < 1.29 is 9.53 Å². The Kier molecular flexibility index (Phi) is 2.19. The zero-order chi connectivity index (χ0) is 11.0. The Balaban J connectivity index is 2.62. The van der Waals surface area contributed by atoms with Crippen LogP contribution in [0.4, 0.5) is 0 Å². The van der Waals surface area contributed by atoms with E-state index < -0.39 is 0 Å². The molecule has 4 heteroatoms. The molecule has 0 fully saturated rings. The van der Waals surface area contributed by atoms with E-state index in [9.17, 15) is 4.79 Å². The molecule has 0 saturated heterocycles. The summed E-state index contributed by atoms with van der Waals surface area (Å²) in [4.78, 5) is 11.3. The fourth-order valence-electron chi connectivity index (χ4n) is 1.58. The minimum absolute atomic E-state index is 0.333. The standard InChI is InChI=1S/C11H12N2O2/c1-7-9-5-4-8(11(14)15-3)6-10(9)12-13(7)2/h4-6H,1-3H3. The van der Waals surface area contributed by atoms with Crippen molar-refractivity contribution in [2.45, 2.75) is 6.92 Å². The molecule has 1 aromatic carbocycles. The van der Waals surface area contributed by atoms with Crippen molar-refractivity contribution in [1.82, 2.24) is 9.78 Å². The third kappa shape index (κ3) is 1.48. The van der Waals surface area contributed by atoms with Crippen molar-refractivity contribution in [3.63, 3.8) is 0 Å². The smallest absolute Gasteiger partial charge is 0.337 e. The number of hydrogen-bond donors (Lipinski definition) is 0. The lowest BCUT2D eigenvalue weighted by atomic mass is 10.1. The molecule has 2 aromatic rings. The molecule has 0 aliphatic carbocycles. The monoisotopic (exact) mass is 204 g/mol. The van der Waals surface area contributed by atoms with Gasteiger partial charge in [-0.05, 0) is 19.1 Å². The Hall–Kier alpha value is -1.84. The van der Waals surface area contributed by atoms with E-state index in [1.807, 2.05) is 20.0 Å². The van der Waals surface area contributed by atoms with Crippen LogP contribution >= 0.6 is 0 Å². The number of aryl methyl sites for hydroxylation is 2. The Morgan fingerprint density at radius 2 is 2.20 bits per heavy atom. The molecule has 78 valence electrons. The third-order valence-electron chi connectivity index (χ3n) is 2.55. The minimum Gasteiger partial charge on any atom is -0.465 e. The van der Waals surface area contributed by atoms with E-state index >= 15 is 0 Å². The van der Waals surface area contributed by atoms with Crippen LogP contribution in [0, 0.1) is 6.92 Å². The number of benzene rings is 1. The van der Waals surface area contributed by atoms with Crippen molar-refractivity contribution in [2.75, 3.05) is 7.11 Å². The van der Waals surface area contributed by atoms with Crippen LogP contribution in [-0.2, 0) is 11.8 Å². The van der Waals surface area contributed by atoms with Crippen molar-refractivity contribution in [3.8, 4) is 0 Å². The van der Waals surface area contributed by atoms with Crippen molar-refractivity contribution in [1.29, 1.82) is 0 Å². The summed E-state index contributed by atoms with van der Waals surface area (Å²) >= 11 is 0. The number of carbonyl (C=O) groups is 1. The second-order valence-corrected chi connectivity index (χ2v) is 3.43. The Morgan fingerprint density at radius 3 is 2.87 bits per heavy atom. The van der Waals surface area contributed by atoms with E-state index in [2.05, 4.69) is 9.84 Å². The number of aromatic nitrogens is 2. The summed E-state index contributed by atoms with van der Waals surface area (Å²) in [6.07, 6.45) is 0. The van der Waals surface area contributed by atoms with Gasteiger partial charge in [-0.3, -0.25) is 4.68 Å². The molecule has 0 amide bonds. The van der Waals surface area contributed by atoms with Crippen molar-refractivity contribution in [3.05, 3.63) is 29.5 Å². The summed E-state index contributed by atoms with van der Waals surface area (Å²) in [7, 11) is 3.25. The highest BCUT2D eigenvalue weighted by Gasteiger charge is 2.09. The second-order valence-electron chi connectivity index (χ2n) is 3.43. The van der Waals surface area contributed by atoms with Gasteiger partial charge in [0.15, 0.2) is 0 Å². The molecule has 0 radical (unpaired) electrons. The number of fused-ring (bicyclic) bond motifs is 1. The van der Waals surface area contributed by atoms with Gasteiger partial charge in [0.1, 0.15) is 0 Å². The SMILES string of the molecule is COC(=O)c1ccc2c(C)n(C)nc2c1. The molecule has 0 N–H and O–H groups in total. The lowest BCUT2D eigenvalue weighted by Gasteiger charge is -1.97. The molecule has 15 heavy (non-hydrogen) atoms. The fourth-order valence-corrected chi connectivity index (χ4v) is 1.58. The first-order valence-corrected chi connectivity index (χ1v) is 4.65. The van der Waals surface area contributed by atoms with Gasteiger partial charge < -0.3 is 4.74 Å². The predicted molar refractivity (Wildman–Crippen MR) is 56.8 cm³/mol. The van der Waals surface area contributed by atoms with Crippen LogP contribution < -0.4 is 0 Å².